The molecule has 1 aromatic carbocycles. The fourth-order valence-corrected chi connectivity index (χ4v) is 1.50. The zero-order valence-corrected chi connectivity index (χ0v) is 10.1. The van der Waals surface area contributed by atoms with Crippen molar-refractivity contribution in [2.75, 3.05) is 0 Å². The van der Waals surface area contributed by atoms with Crippen molar-refractivity contribution in [2.45, 2.75) is 0 Å². The van der Waals surface area contributed by atoms with Crippen LogP contribution in [0.15, 0.2) is 60.8 Å². The molecule has 0 saturated carbocycles. The number of rotatable bonds is 4. The lowest BCUT2D eigenvalue weighted by Crippen LogP contribution is -1.86. The Kier molecular flexibility index (Phi) is 4.18. The number of nitro groups is 1. The van der Waals surface area contributed by atoms with Gasteiger partial charge < -0.3 is 0 Å². The van der Waals surface area contributed by atoms with Crippen LogP contribution in [0.25, 0.3) is 12.2 Å². The minimum Gasteiger partial charge on any atom is -0.258 e. The number of hydrogen-bond acceptors (Lipinski definition) is 3. The zero-order valence-electron chi connectivity index (χ0n) is 10.1. The van der Waals surface area contributed by atoms with Gasteiger partial charge in [0.2, 0.25) is 0 Å². The monoisotopic (exact) mass is 252 g/mol. The highest BCUT2D eigenvalue weighted by atomic mass is 16.6. The van der Waals surface area contributed by atoms with Gasteiger partial charge in [-0.2, -0.15) is 0 Å². The second-order valence-corrected chi connectivity index (χ2v) is 3.82. The van der Waals surface area contributed by atoms with Crippen molar-refractivity contribution >= 4 is 17.8 Å². The Morgan fingerprint density at radius 3 is 2.37 bits per heavy atom. The molecule has 0 aliphatic carbocycles. The molecule has 0 spiro atoms. The Labute approximate surface area is 110 Å². The summed E-state index contributed by atoms with van der Waals surface area (Å²) >= 11 is 0. The van der Waals surface area contributed by atoms with Crippen LogP contribution in [0.3, 0.4) is 0 Å². The molecule has 0 amide bonds. The average Bonchev–Trinajstić information content (AvgIpc) is 2.45. The van der Waals surface area contributed by atoms with Gasteiger partial charge in [0.1, 0.15) is 0 Å². The summed E-state index contributed by atoms with van der Waals surface area (Å²) in [7, 11) is 0. The molecule has 4 nitrogen and oxygen atoms in total. The molecule has 0 N–H and O–H groups in total. The highest BCUT2D eigenvalue weighted by Crippen LogP contribution is 2.12. The Bertz CT molecular complexity index is 602. The molecular weight excluding hydrogens is 240 g/mol. The highest BCUT2D eigenvalue weighted by Gasteiger charge is 2.01. The summed E-state index contributed by atoms with van der Waals surface area (Å²) < 4.78 is 0. The number of hydrogen-bond donors (Lipinski definition) is 0. The van der Waals surface area contributed by atoms with Gasteiger partial charge in [-0.1, -0.05) is 24.3 Å². The lowest BCUT2D eigenvalue weighted by molar-refractivity contribution is -0.384. The summed E-state index contributed by atoms with van der Waals surface area (Å²) in [5.74, 6) is 0. The van der Waals surface area contributed by atoms with Crippen LogP contribution in [0.1, 0.15) is 11.3 Å². The van der Waals surface area contributed by atoms with Gasteiger partial charge in [0.15, 0.2) is 0 Å². The summed E-state index contributed by atoms with van der Waals surface area (Å²) in [6, 6.07) is 12.1. The molecular formula is C15H12N2O2. The zero-order chi connectivity index (χ0) is 13.5. The third-order valence-electron chi connectivity index (χ3n) is 2.46. The standard InChI is InChI=1S/C15H12N2O2/c18-17(19)15-10-8-13(9-11-15)5-1-2-6-14-7-3-4-12-16-14/h1-12H/b5-1+,6-2+. The maximum absolute atomic E-state index is 10.5. The van der Waals surface area contributed by atoms with Crippen LogP contribution in [0.5, 0.6) is 0 Å². The van der Waals surface area contributed by atoms with E-state index in [4.69, 9.17) is 0 Å². The van der Waals surface area contributed by atoms with Gasteiger partial charge in [0, 0.05) is 18.3 Å². The SMILES string of the molecule is O=[N+]([O-])c1ccc(/C=C/C=C/c2ccccn2)cc1. The minimum absolute atomic E-state index is 0.0983. The van der Waals surface area contributed by atoms with Crippen molar-refractivity contribution < 1.29 is 4.92 Å². The van der Waals surface area contributed by atoms with Gasteiger partial charge in [0.05, 0.1) is 10.6 Å². The first-order valence-electron chi connectivity index (χ1n) is 5.76. The molecule has 94 valence electrons. The second kappa shape index (κ2) is 6.26. The van der Waals surface area contributed by atoms with Crippen molar-refractivity contribution in [3.63, 3.8) is 0 Å². The van der Waals surface area contributed by atoms with Crippen molar-refractivity contribution in [3.05, 3.63) is 82.2 Å². The number of nitrogens with zero attached hydrogens (tertiary/aromatic N) is 2. The first-order chi connectivity index (χ1) is 9.25. The molecule has 0 aliphatic rings. The number of aromatic nitrogens is 1. The third-order valence-corrected chi connectivity index (χ3v) is 2.46. The van der Waals surface area contributed by atoms with Crippen LogP contribution in [0.2, 0.25) is 0 Å². The van der Waals surface area contributed by atoms with Crippen molar-refractivity contribution in [1.29, 1.82) is 0 Å². The molecule has 0 aliphatic heterocycles. The Morgan fingerprint density at radius 2 is 1.74 bits per heavy atom. The molecule has 1 aromatic heterocycles. The van der Waals surface area contributed by atoms with E-state index in [1.807, 2.05) is 42.5 Å². The first-order valence-corrected chi connectivity index (χ1v) is 5.76. The fraction of sp³-hybridized carbons (Fsp3) is 0. The fourth-order valence-electron chi connectivity index (χ4n) is 1.50. The molecule has 2 rings (SSSR count). The molecule has 0 fully saturated rings. The summed E-state index contributed by atoms with van der Waals surface area (Å²) in [5, 5.41) is 10.5. The molecule has 0 atom stereocenters. The molecule has 2 aromatic rings. The van der Waals surface area contributed by atoms with Gasteiger partial charge in [-0.25, -0.2) is 0 Å². The van der Waals surface area contributed by atoms with Crippen molar-refractivity contribution in [2.24, 2.45) is 0 Å². The van der Waals surface area contributed by atoms with Crippen molar-refractivity contribution in [3.8, 4) is 0 Å². The summed E-state index contributed by atoms with van der Waals surface area (Å²) in [6.45, 7) is 0. The topological polar surface area (TPSA) is 56.0 Å². The van der Waals surface area contributed by atoms with E-state index in [2.05, 4.69) is 4.98 Å². The van der Waals surface area contributed by atoms with Crippen LogP contribution in [0, 0.1) is 10.1 Å². The molecule has 1 heterocycles. The number of non-ortho nitro benzene ring substituents is 1. The van der Waals surface area contributed by atoms with Crippen LogP contribution >= 0.6 is 0 Å². The maximum Gasteiger partial charge on any atom is 0.269 e. The molecule has 19 heavy (non-hydrogen) atoms. The lowest BCUT2D eigenvalue weighted by atomic mass is 10.2. The van der Waals surface area contributed by atoms with Gasteiger partial charge >= 0.3 is 0 Å². The maximum atomic E-state index is 10.5. The van der Waals surface area contributed by atoms with E-state index in [-0.39, 0.29) is 5.69 Å². The Balaban J connectivity index is 1.99. The quantitative estimate of drug-likeness (QED) is 0.473. The van der Waals surface area contributed by atoms with Gasteiger partial charge in [-0.3, -0.25) is 15.1 Å². The highest BCUT2D eigenvalue weighted by molar-refractivity contribution is 5.56. The van der Waals surface area contributed by atoms with E-state index in [9.17, 15) is 10.1 Å². The van der Waals surface area contributed by atoms with Crippen LogP contribution in [0.4, 0.5) is 5.69 Å². The van der Waals surface area contributed by atoms with E-state index in [0.717, 1.165) is 11.3 Å². The molecule has 0 radical (unpaired) electrons. The van der Waals surface area contributed by atoms with E-state index in [0.29, 0.717) is 0 Å². The normalized spacial score (nSPS) is 11.2. The number of benzene rings is 1. The Morgan fingerprint density at radius 1 is 1.00 bits per heavy atom. The minimum atomic E-state index is -0.408. The largest absolute Gasteiger partial charge is 0.269 e. The van der Waals surface area contributed by atoms with Gasteiger partial charge in [-0.15, -0.1) is 0 Å². The van der Waals surface area contributed by atoms with Crippen LogP contribution < -0.4 is 0 Å². The lowest BCUT2D eigenvalue weighted by Gasteiger charge is -1.92. The third kappa shape index (κ3) is 3.89. The smallest absolute Gasteiger partial charge is 0.258 e. The second-order valence-electron chi connectivity index (χ2n) is 3.82. The summed E-state index contributed by atoms with van der Waals surface area (Å²) in [6.07, 6.45) is 9.25. The number of nitro benzene ring substituents is 1. The first kappa shape index (κ1) is 12.7. The summed E-state index contributed by atoms with van der Waals surface area (Å²) in [4.78, 5) is 14.2. The van der Waals surface area contributed by atoms with E-state index < -0.39 is 4.92 Å². The predicted molar refractivity (Wildman–Crippen MR) is 75.4 cm³/mol. The van der Waals surface area contributed by atoms with Gasteiger partial charge in [-0.05, 0) is 35.9 Å². The predicted octanol–water partition coefficient (Wildman–Crippen LogP) is 3.72. The molecule has 0 unspecified atom stereocenters. The van der Waals surface area contributed by atoms with Crippen LogP contribution in [-0.2, 0) is 0 Å². The van der Waals surface area contributed by atoms with Crippen LogP contribution in [-0.4, -0.2) is 9.91 Å². The number of pyridine rings is 1. The summed E-state index contributed by atoms with van der Waals surface area (Å²) in [5.41, 5.74) is 1.90. The van der Waals surface area contributed by atoms with E-state index in [1.165, 1.54) is 12.1 Å². The molecule has 0 saturated heterocycles. The average molecular weight is 252 g/mol. The van der Waals surface area contributed by atoms with E-state index in [1.54, 1.807) is 18.3 Å². The van der Waals surface area contributed by atoms with Gasteiger partial charge in [0.25, 0.3) is 5.69 Å². The van der Waals surface area contributed by atoms with E-state index >= 15 is 0 Å². The molecule has 4 heteroatoms. The molecule has 0 bridgehead atoms. The number of allylic oxidation sites excluding steroid dienone is 2. The Hall–Kier alpha value is -2.75. The van der Waals surface area contributed by atoms with Crippen molar-refractivity contribution in [1.82, 2.24) is 4.98 Å².